The topological polar surface area (TPSA) is 106 Å². The van der Waals surface area contributed by atoms with Gasteiger partial charge in [0.05, 0.1) is 16.3 Å². The lowest BCUT2D eigenvalue weighted by Gasteiger charge is -2.16. The zero-order valence-corrected chi connectivity index (χ0v) is 24.1. The Kier molecular flexibility index (Phi) is 7.53. The smallest absolute Gasteiger partial charge is 0.261 e. The summed E-state index contributed by atoms with van der Waals surface area (Å²) in [6.45, 7) is 3.18. The molecule has 1 unspecified atom stereocenters. The first-order valence-corrected chi connectivity index (χ1v) is 14.0. The van der Waals surface area contributed by atoms with Crippen molar-refractivity contribution >= 4 is 34.3 Å². The Balaban J connectivity index is 1.36. The highest BCUT2D eigenvalue weighted by molar-refractivity contribution is 6.33. The van der Waals surface area contributed by atoms with E-state index in [9.17, 15) is 4.79 Å². The van der Waals surface area contributed by atoms with E-state index in [1.165, 1.54) is 5.56 Å². The highest BCUT2D eigenvalue weighted by Gasteiger charge is 2.19. The average Bonchev–Trinajstić information content (AvgIpc) is 3.65. The fourth-order valence-electron chi connectivity index (χ4n) is 5.21. The zero-order chi connectivity index (χ0) is 28.5. The van der Waals surface area contributed by atoms with E-state index in [2.05, 4.69) is 37.7 Å². The molecule has 210 valence electrons. The molecule has 10 nitrogen and oxygen atoms in total. The van der Waals surface area contributed by atoms with Gasteiger partial charge in [0, 0.05) is 68.1 Å². The second-order valence-corrected chi connectivity index (χ2v) is 11.1. The summed E-state index contributed by atoms with van der Waals surface area (Å²) < 4.78 is 3.57. The SMILES string of the molecule is CN(C)CCn1c(=O)c(-c2ncc(-c3nccn3C)cc2Cl)cc2cnc(Nc3ccc(C4CCNC4)cc3)nc21. The summed E-state index contributed by atoms with van der Waals surface area (Å²) in [6, 6.07) is 12.0. The lowest BCUT2D eigenvalue weighted by molar-refractivity contribution is 0.384. The van der Waals surface area contributed by atoms with Gasteiger partial charge >= 0.3 is 0 Å². The Morgan fingerprint density at radius 2 is 1.95 bits per heavy atom. The molecule has 0 aliphatic carbocycles. The second-order valence-electron chi connectivity index (χ2n) is 10.6. The van der Waals surface area contributed by atoms with Crippen molar-refractivity contribution in [1.29, 1.82) is 0 Å². The molecule has 6 rings (SSSR count). The van der Waals surface area contributed by atoms with Gasteiger partial charge in [-0.25, -0.2) is 9.97 Å². The van der Waals surface area contributed by atoms with Gasteiger partial charge in [-0.2, -0.15) is 4.98 Å². The summed E-state index contributed by atoms with van der Waals surface area (Å²) in [5.74, 6) is 1.72. The number of aromatic nitrogens is 6. The number of hydrogen-bond acceptors (Lipinski definition) is 8. The second kappa shape index (κ2) is 11.4. The molecule has 1 aliphatic rings. The molecule has 0 amide bonds. The first kappa shape index (κ1) is 27.1. The van der Waals surface area contributed by atoms with Crippen molar-refractivity contribution in [2.24, 2.45) is 7.05 Å². The van der Waals surface area contributed by atoms with Crippen molar-refractivity contribution < 1.29 is 0 Å². The molecule has 11 heteroatoms. The zero-order valence-electron chi connectivity index (χ0n) is 23.3. The van der Waals surface area contributed by atoms with Crippen LogP contribution in [0, 0.1) is 0 Å². The van der Waals surface area contributed by atoms with Crippen molar-refractivity contribution in [3.63, 3.8) is 0 Å². The quantitative estimate of drug-likeness (QED) is 0.285. The van der Waals surface area contributed by atoms with E-state index < -0.39 is 0 Å². The molecule has 0 spiro atoms. The van der Waals surface area contributed by atoms with E-state index in [-0.39, 0.29) is 5.56 Å². The molecule has 2 N–H and O–H groups in total. The number of imidazole rings is 1. The summed E-state index contributed by atoms with van der Waals surface area (Å²) in [5.41, 5.74) is 4.13. The van der Waals surface area contributed by atoms with Crippen molar-refractivity contribution in [3.05, 3.63) is 82.1 Å². The van der Waals surface area contributed by atoms with Crippen LogP contribution in [0.25, 0.3) is 33.7 Å². The molecule has 1 aliphatic heterocycles. The number of rotatable bonds is 8. The van der Waals surface area contributed by atoms with Crippen LogP contribution in [-0.2, 0) is 13.6 Å². The number of anilines is 2. The van der Waals surface area contributed by atoms with E-state index in [1.54, 1.807) is 35.3 Å². The molecule has 5 aromatic rings. The Morgan fingerprint density at radius 1 is 1.12 bits per heavy atom. The summed E-state index contributed by atoms with van der Waals surface area (Å²) >= 11 is 6.70. The molecule has 0 bridgehead atoms. The molecule has 1 fully saturated rings. The molecular formula is C30H32ClN9O. The van der Waals surface area contributed by atoms with Gasteiger partial charge < -0.3 is 20.1 Å². The van der Waals surface area contributed by atoms with Crippen LogP contribution >= 0.6 is 11.6 Å². The highest BCUT2D eigenvalue weighted by Crippen LogP contribution is 2.30. The Morgan fingerprint density at radius 3 is 2.63 bits per heavy atom. The summed E-state index contributed by atoms with van der Waals surface area (Å²) in [5, 5.41) is 7.81. The molecule has 4 aromatic heterocycles. The maximum absolute atomic E-state index is 13.9. The molecule has 1 aromatic carbocycles. The third kappa shape index (κ3) is 5.58. The minimum Gasteiger partial charge on any atom is -0.334 e. The highest BCUT2D eigenvalue weighted by atomic mass is 35.5. The first-order chi connectivity index (χ1) is 19.9. The third-order valence-electron chi connectivity index (χ3n) is 7.47. The van der Waals surface area contributed by atoms with Crippen molar-refractivity contribution in [1.82, 2.24) is 39.3 Å². The van der Waals surface area contributed by atoms with E-state index in [4.69, 9.17) is 16.6 Å². The van der Waals surface area contributed by atoms with Crippen molar-refractivity contribution in [2.45, 2.75) is 18.9 Å². The van der Waals surface area contributed by atoms with E-state index in [0.29, 0.717) is 46.9 Å². The normalized spacial score (nSPS) is 15.2. The third-order valence-corrected chi connectivity index (χ3v) is 7.76. The van der Waals surface area contributed by atoms with Gasteiger partial charge in [-0.3, -0.25) is 14.3 Å². The predicted molar refractivity (Wildman–Crippen MR) is 163 cm³/mol. The first-order valence-electron chi connectivity index (χ1n) is 13.6. The maximum atomic E-state index is 13.9. The van der Waals surface area contributed by atoms with Gasteiger partial charge in [0.25, 0.3) is 5.56 Å². The molecule has 5 heterocycles. The Hall–Kier alpha value is -4.12. The van der Waals surface area contributed by atoms with Gasteiger partial charge in [0.1, 0.15) is 11.5 Å². The van der Waals surface area contributed by atoms with Gasteiger partial charge in [-0.05, 0) is 62.8 Å². The van der Waals surface area contributed by atoms with Crippen LogP contribution in [0.2, 0.25) is 5.02 Å². The number of nitrogens with one attached hydrogen (secondary N) is 2. The molecule has 0 radical (unpaired) electrons. The summed E-state index contributed by atoms with van der Waals surface area (Å²) in [6.07, 6.45) is 8.15. The van der Waals surface area contributed by atoms with Gasteiger partial charge in [0.15, 0.2) is 0 Å². The van der Waals surface area contributed by atoms with Crippen LogP contribution in [0.15, 0.2) is 66.0 Å². The monoisotopic (exact) mass is 569 g/mol. The number of fused-ring (bicyclic) bond motifs is 1. The summed E-state index contributed by atoms with van der Waals surface area (Å²) in [7, 11) is 5.85. The van der Waals surface area contributed by atoms with E-state index in [1.807, 2.05) is 48.9 Å². The lowest BCUT2D eigenvalue weighted by atomic mass is 9.98. The van der Waals surface area contributed by atoms with Crippen LogP contribution in [0.4, 0.5) is 11.6 Å². The number of pyridine rings is 2. The molecule has 1 atom stereocenters. The van der Waals surface area contributed by atoms with E-state index in [0.717, 1.165) is 42.0 Å². The largest absolute Gasteiger partial charge is 0.334 e. The van der Waals surface area contributed by atoms with Gasteiger partial charge in [-0.15, -0.1) is 0 Å². The van der Waals surface area contributed by atoms with E-state index >= 15 is 0 Å². The van der Waals surface area contributed by atoms with Gasteiger partial charge in [-0.1, -0.05) is 23.7 Å². The minimum absolute atomic E-state index is 0.210. The number of benzene rings is 1. The van der Waals surface area contributed by atoms with Crippen LogP contribution in [-0.4, -0.2) is 67.7 Å². The van der Waals surface area contributed by atoms with Crippen molar-refractivity contribution in [3.8, 4) is 22.6 Å². The number of likely N-dealkylation sites (N-methyl/N-ethyl adjacent to an activating group) is 1. The fraction of sp³-hybridized carbons (Fsp3) is 0.300. The number of nitrogens with zero attached hydrogens (tertiary/aromatic N) is 7. The van der Waals surface area contributed by atoms with Crippen LogP contribution in [0.5, 0.6) is 0 Å². The number of hydrogen-bond donors (Lipinski definition) is 2. The lowest BCUT2D eigenvalue weighted by Crippen LogP contribution is -2.28. The van der Waals surface area contributed by atoms with Gasteiger partial charge in [0.2, 0.25) is 5.95 Å². The molecule has 0 saturated carbocycles. The number of aryl methyl sites for hydroxylation is 1. The van der Waals surface area contributed by atoms with Crippen molar-refractivity contribution in [2.75, 3.05) is 39.0 Å². The fourth-order valence-corrected chi connectivity index (χ4v) is 5.47. The summed E-state index contributed by atoms with van der Waals surface area (Å²) in [4.78, 5) is 34.2. The maximum Gasteiger partial charge on any atom is 0.261 e. The van der Waals surface area contributed by atoms with Crippen LogP contribution < -0.4 is 16.2 Å². The van der Waals surface area contributed by atoms with Crippen LogP contribution in [0.1, 0.15) is 17.9 Å². The van der Waals surface area contributed by atoms with Crippen LogP contribution in [0.3, 0.4) is 0 Å². The Labute approximate surface area is 243 Å². The Bertz CT molecular complexity index is 1750. The molecule has 41 heavy (non-hydrogen) atoms. The molecule has 1 saturated heterocycles. The standard InChI is InChI=1S/C30H32ClN9O/c1-38(2)12-13-40-28-21(18-35-30(37-28)36-23-6-4-19(5-7-23)20-8-9-32-16-20)14-24(29(40)41)26-25(31)15-22(17-34-26)27-33-10-11-39(27)3/h4-7,10-11,14-15,17-18,20,32H,8-9,12-13,16H2,1-3H3,(H,35,36,37). The molecular weight excluding hydrogens is 538 g/mol. The average molecular weight is 570 g/mol. The predicted octanol–water partition coefficient (Wildman–Crippen LogP) is 4.29. The minimum atomic E-state index is -0.210. The number of halogens is 1.